The maximum atomic E-state index is 12.0. The quantitative estimate of drug-likeness (QED) is 0.657. The van der Waals surface area contributed by atoms with E-state index in [1.165, 1.54) is 13.3 Å². The lowest BCUT2D eigenvalue weighted by atomic mass is 10.2. The molecule has 0 amide bonds. The third-order valence-corrected chi connectivity index (χ3v) is 2.92. The first kappa shape index (κ1) is 17.8. The van der Waals surface area contributed by atoms with Gasteiger partial charge in [0.1, 0.15) is 18.4 Å². The summed E-state index contributed by atoms with van der Waals surface area (Å²) < 4.78 is 35.6. The molecule has 0 saturated heterocycles. The molecule has 6 nitrogen and oxygen atoms in total. The lowest BCUT2D eigenvalue weighted by Crippen LogP contribution is -2.21. The molecule has 0 radical (unpaired) electrons. The lowest BCUT2D eigenvalue weighted by molar-refractivity contribution is 0.00367. The summed E-state index contributed by atoms with van der Waals surface area (Å²) in [4.78, 5) is 2.00. The van der Waals surface area contributed by atoms with Crippen LogP contribution in [0.4, 0.5) is 8.78 Å². The van der Waals surface area contributed by atoms with E-state index in [9.17, 15) is 13.9 Å². The summed E-state index contributed by atoms with van der Waals surface area (Å²) in [7, 11) is 5.38. The van der Waals surface area contributed by atoms with E-state index in [-0.39, 0.29) is 13.0 Å². The highest BCUT2D eigenvalue weighted by atomic mass is 19.3. The molecule has 1 aromatic rings. The van der Waals surface area contributed by atoms with Crippen LogP contribution < -0.4 is 4.74 Å². The van der Waals surface area contributed by atoms with Gasteiger partial charge in [0.05, 0.1) is 19.9 Å². The van der Waals surface area contributed by atoms with Crippen molar-refractivity contribution < 1.29 is 23.4 Å². The fraction of sp³-hybridized carbons (Fsp3) is 0.769. The Morgan fingerprint density at radius 2 is 2.14 bits per heavy atom. The standard InChI is InChI=1S/C13H23F2N3O3/c1-17(2)5-6-18-13(11(20-3)8-16-18)10(19)4-7-21-9-12(14)15/h8,10,12,19H,4-7,9H2,1-3H3. The zero-order chi connectivity index (χ0) is 15.8. The van der Waals surface area contributed by atoms with E-state index >= 15 is 0 Å². The van der Waals surface area contributed by atoms with E-state index in [1.807, 2.05) is 19.0 Å². The van der Waals surface area contributed by atoms with Gasteiger partial charge in [0.25, 0.3) is 6.43 Å². The summed E-state index contributed by atoms with van der Waals surface area (Å²) in [5.74, 6) is 0.482. The molecular formula is C13H23F2N3O3. The lowest BCUT2D eigenvalue weighted by Gasteiger charge is -2.16. The second-order valence-corrected chi connectivity index (χ2v) is 4.90. The molecule has 122 valence electrons. The highest BCUT2D eigenvalue weighted by molar-refractivity contribution is 5.27. The van der Waals surface area contributed by atoms with Crippen LogP contribution in [0.15, 0.2) is 6.20 Å². The number of nitrogens with zero attached hydrogens (tertiary/aromatic N) is 3. The molecule has 8 heteroatoms. The van der Waals surface area contributed by atoms with Crippen molar-refractivity contribution in [3.8, 4) is 5.75 Å². The van der Waals surface area contributed by atoms with Gasteiger partial charge >= 0.3 is 0 Å². The van der Waals surface area contributed by atoms with Gasteiger partial charge in [0.15, 0.2) is 5.75 Å². The smallest absolute Gasteiger partial charge is 0.261 e. The van der Waals surface area contributed by atoms with Crippen LogP contribution in [0.1, 0.15) is 18.2 Å². The molecule has 0 fully saturated rings. The van der Waals surface area contributed by atoms with E-state index in [1.54, 1.807) is 4.68 Å². The monoisotopic (exact) mass is 307 g/mol. The van der Waals surface area contributed by atoms with Crippen LogP contribution in [0.2, 0.25) is 0 Å². The minimum atomic E-state index is -2.50. The summed E-state index contributed by atoms with van der Waals surface area (Å²) in [6, 6.07) is 0. The molecule has 0 bridgehead atoms. The Morgan fingerprint density at radius 1 is 1.43 bits per heavy atom. The molecule has 0 aliphatic rings. The minimum absolute atomic E-state index is 0.0491. The normalized spacial score (nSPS) is 13.1. The van der Waals surface area contributed by atoms with Gasteiger partial charge in [-0.1, -0.05) is 0 Å². The molecule has 21 heavy (non-hydrogen) atoms. The van der Waals surface area contributed by atoms with Crippen LogP contribution in [0.25, 0.3) is 0 Å². The van der Waals surface area contributed by atoms with Crippen LogP contribution in [0.5, 0.6) is 5.75 Å². The van der Waals surface area contributed by atoms with Gasteiger partial charge < -0.3 is 19.5 Å². The van der Waals surface area contributed by atoms with Crippen LogP contribution in [-0.2, 0) is 11.3 Å². The molecule has 1 heterocycles. The second kappa shape index (κ2) is 8.91. The highest BCUT2D eigenvalue weighted by Gasteiger charge is 2.20. The number of aliphatic hydroxyl groups is 1. The largest absolute Gasteiger partial charge is 0.493 e. The summed E-state index contributed by atoms with van der Waals surface area (Å²) in [5.41, 5.74) is 0.542. The fourth-order valence-corrected chi connectivity index (χ4v) is 1.85. The van der Waals surface area contributed by atoms with Crippen molar-refractivity contribution in [2.24, 2.45) is 0 Å². The first-order valence-electron chi connectivity index (χ1n) is 6.74. The molecule has 0 aromatic carbocycles. The molecular weight excluding hydrogens is 284 g/mol. The molecule has 1 unspecified atom stereocenters. The summed E-state index contributed by atoms with van der Waals surface area (Å²) in [6.07, 6.45) is -1.63. The van der Waals surface area contributed by atoms with E-state index in [4.69, 9.17) is 9.47 Å². The van der Waals surface area contributed by atoms with E-state index in [2.05, 4.69) is 5.10 Å². The zero-order valence-corrected chi connectivity index (χ0v) is 12.6. The minimum Gasteiger partial charge on any atom is -0.493 e. The van der Waals surface area contributed by atoms with E-state index in [0.717, 1.165) is 6.54 Å². The van der Waals surface area contributed by atoms with Crippen LogP contribution in [-0.4, -0.2) is 67.2 Å². The molecule has 0 saturated carbocycles. The highest BCUT2D eigenvalue weighted by Crippen LogP contribution is 2.27. The molecule has 0 aliphatic carbocycles. The Hall–Kier alpha value is -1.25. The van der Waals surface area contributed by atoms with Crippen molar-refractivity contribution in [2.75, 3.05) is 41.0 Å². The SMILES string of the molecule is COc1cnn(CCN(C)C)c1C(O)CCOCC(F)F. The maximum Gasteiger partial charge on any atom is 0.261 e. The predicted octanol–water partition coefficient (Wildman–Crippen LogP) is 1.16. The van der Waals surface area contributed by atoms with Crippen LogP contribution >= 0.6 is 0 Å². The number of aromatic nitrogens is 2. The number of alkyl halides is 2. The zero-order valence-electron chi connectivity index (χ0n) is 12.6. The number of rotatable bonds is 10. The van der Waals surface area contributed by atoms with Crippen LogP contribution in [0.3, 0.4) is 0 Å². The Labute approximate surface area is 123 Å². The topological polar surface area (TPSA) is 59.8 Å². The number of likely N-dealkylation sites (N-methyl/N-ethyl adjacent to an activating group) is 1. The Morgan fingerprint density at radius 3 is 2.71 bits per heavy atom. The van der Waals surface area contributed by atoms with Gasteiger partial charge in [-0.3, -0.25) is 4.68 Å². The Balaban J connectivity index is 2.62. The molecule has 1 rings (SSSR count). The first-order chi connectivity index (χ1) is 9.95. The number of methoxy groups -OCH3 is 1. The van der Waals surface area contributed by atoms with Gasteiger partial charge in [-0.15, -0.1) is 0 Å². The Bertz CT molecular complexity index is 413. The van der Waals surface area contributed by atoms with Gasteiger partial charge in [-0.2, -0.15) is 5.10 Å². The van der Waals surface area contributed by atoms with E-state index in [0.29, 0.717) is 18.0 Å². The summed E-state index contributed by atoms with van der Waals surface area (Å²) in [6.45, 7) is 0.782. The van der Waals surface area contributed by atoms with Gasteiger partial charge in [-0.05, 0) is 14.1 Å². The average Bonchev–Trinajstić information content (AvgIpc) is 2.83. The second-order valence-electron chi connectivity index (χ2n) is 4.90. The van der Waals surface area contributed by atoms with Gasteiger partial charge in [0, 0.05) is 19.6 Å². The predicted molar refractivity (Wildman–Crippen MR) is 73.7 cm³/mol. The van der Waals surface area contributed by atoms with Crippen molar-refractivity contribution in [3.05, 3.63) is 11.9 Å². The first-order valence-corrected chi connectivity index (χ1v) is 6.74. The van der Waals surface area contributed by atoms with Gasteiger partial charge in [-0.25, -0.2) is 8.78 Å². The van der Waals surface area contributed by atoms with Crippen molar-refractivity contribution in [1.29, 1.82) is 0 Å². The van der Waals surface area contributed by atoms with E-state index < -0.39 is 19.1 Å². The molecule has 1 aromatic heterocycles. The number of aliphatic hydroxyl groups excluding tert-OH is 1. The molecule has 0 spiro atoms. The summed E-state index contributed by atoms with van der Waals surface area (Å²) in [5, 5.41) is 14.4. The number of ether oxygens (including phenoxy) is 2. The molecule has 0 aliphatic heterocycles. The maximum absolute atomic E-state index is 12.0. The number of halogens is 2. The van der Waals surface area contributed by atoms with Crippen LogP contribution in [0, 0.1) is 0 Å². The fourth-order valence-electron chi connectivity index (χ4n) is 1.85. The number of hydrogen-bond acceptors (Lipinski definition) is 5. The third kappa shape index (κ3) is 5.94. The van der Waals surface area contributed by atoms with Crippen molar-refractivity contribution in [3.63, 3.8) is 0 Å². The van der Waals surface area contributed by atoms with Gasteiger partial charge in [0.2, 0.25) is 0 Å². The van der Waals surface area contributed by atoms with Crippen molar-refractivity contribution >= 4 is 0 Å². The molecule has 1 atom stereocenters. The summed E-state index contributed by atoms with van der Waals surface area (Å²) >= 11 is 0. The third-order valence-electron chi connectivity index (χ3n) is 2.92. The van der Waals surface area contributed by atoms with Crippen molar-refractivity contribution in [2.45, 2.75) is 25.5 Å². The molecule has 1 N–H and O–H groups in total. The Kier molecular flexibility index (Phi) is 7.55. The number of hydrogen-bond donors (Lipinski definition) is 1. The average molecular weight is 307 g/mol. The van der Waals surface area contributed by atoms with Crippen molar-refractivity contribution in [1.82, 2.24) is 14.7 Å².